The first kappa shape index (κ1) is 26.1. The molecule has 0 saturated heterocycles. The van der Waals surface area contributed by atoms with E-state index >= 15 is 0 Å². The molecule has 4 aliphatic carbocycles. The van der Waals surface area contributed by atoms with Crippen LogP contribution in [0, 0.1) is 46.3 Å². The molecule has 194 valence electrons. The quantitative estimate of drug-likeness (QED) is 0.378. The molecule has 0 aromatic rings. The summed E-state index contributed by atoms with van der Waals surface area (Å²) in [4.78, 5) is 12.2. The molecular formula is C31H53NO2. The highest BCUT2D eigenvalue weighted by Crippen LogP contribution is 2.67. The van der Waals surface area contributed by atoms with E-state index in [0.29, 0.717) is 10.8 Å². The van der Waals surface area contributed by atoms with E-state index in [4.69, 9.17) is 4.74 Å². The van der Waals surface area contributed by atoms with Gasteiger partial charge in [0.2, 0.25) is 0 Å². The molecule has 0 aliphatic heterocycles. The Balaban J connectivity index is 1.42. The summed E-state index contributed by atoms with van der Waals surface area (Å²) in [6.45, 7) is 16.5. The van der Waals surface area contributed by atoms with Crippen molar-refractivity contribution in [2.45, 2.75) is 131 Å². The van der Waals surface area contributed by atoms with Gasteiger partial charge in [0, 0.05) is 12.5 Å². The topological polar surface area (TPSA) is 38.3 Å². The van der Waals surface area contributed by atoms with Crippen molar-refractivity contribution >= 4 is 6.09 Å². The van der Waals surface area contributed by atoms with E-state index in [2.05, 4.69) is 46.0 Å². The summed E-state index contributed by atoms with van der Waals surface area (Å²) >= 11 is 0. The van der Waals surface area contributed by atoms with Gasteiger partial charge in [0.05, 0.1) is 0 Å². The molecule has 8 atom stereocenters. The van der Waals surface area contributed by atoms with Gasteiger partial charge in [0.1, 0.15) is 6.10 Å². The molecule has 3 heteroatoms. The van der Waals surface area contributed by atoms with Crippen molar-refractivity contribution in [3.63, 3.8) is 0 Å². The number of rotatable bonds is 7. The normalized spacial score (nSPS) is 40.3. The standard InChI is InChI=1S/C31H53NO2/c1-20(2)9-8-10-22(5)26-13-14-27-25-12-11-23-19-24(34-29(33)32-21(3)4)15-17-30(23,6)28(25)16-18-31(26,27)7/h11,20-22,24-28H,8-10,12-19H2,1-7H3,(H,32,33)/t22-,24+,25+,26-,27+,28+,30+,31-/m0/s1. The number of carbonyl (C=O) groups excluding carboxylic acids is 1. The molecule has 4 rings (SSSR count). The molecule has 1 amide bonds. The Labute approximate surface area is 210 Å². The Morgan fingerprint density at radius 1 is 1.03 bits per heavy atom. The van der Waals surface area contributed by atoms with Crippen LogP contribution in [-0.2, 0) is 4.74 Å². The van der Waals surface area contributed by atoms with Gasteiger partial charge in [-0.2, -0.15) is 0 Å². The molecule has 0 spiro atoms. The first-order chi connectivity index (χ1) is 16.0. The number of fused-ring (bicyclic) bond motifs is 5. The van der Waals surface area contributed by atoms with Crippen molar-refractivity contribution in [2.75, 3.05) is 0 Å². The molecule has 0 heterocycles. The van der Waals surface area contributed by atoms with E-state index in [1.807, 2.05) is 13.8 Å². The minimum Gasteiger partial charge on any atom is -0.446 e. The summed E-state index contributed by atoms with van der Waals surface area (Å²) in [7, 11) is 0. The van der Waals surface area contributed by atoms with E-state index in [1.165, 1.54) is 57.8 Å². The van der Waals surface area contributed by atoms with Gasteiger partial charge in [-0.05, 0) is 105 Å². The van der Waals surface area contributed by atoms with Gasteiger partial charge >= 0.3 is 6.09 Å². The molecule has 34 heavy (non-hydrogen) atoms. The largest absolute Gasteiger partial charge is 0.446 e. The van der Waals surface area contributed by atoms with Gasteiger partial charge < -0.3 is 10.1 Å². The average molecular weight is 472 g/mol. The van der Waals surface area contributed by atoms with Gasteiger partial charge in [0.15, 0.2) is 0 Å². The van der Waals surface area contributed by atoms with Gasteiger partial charge in [-0.15, -0.1) is 0 Å². The summed E-state index contributed by atoms with van der Waals surface area (Å²) in [6, 6.07) is 0.126. The molecule has 0 aromatic carbocycles. The fraction of sp³-hybridized carbons (Fsp3) is 0.903. The lowest BCUT2D eigenvalue weighted by Gasteiger charge is -2.58. The molecule has 0 unspecified atom stereocenters. The summed E-state index contributed by atoms with van der Waals surface area (Å²) in [5, 5.41) is 2.90. The van der Waals surface area contributed by atoms with Crippen molar-refractivity contribution in [1.29, 1.82) is 0 Å². The maximum absolute atomic E-state index is 12.2. The Bertz CT molecular complexity index is 757. The van der Waals surface area contributed by atoms with Crippen LogP contribution < -0.4 is 5.32 Å². The van der Waals surface area contributed by atoms with Crippen molar-refractivity contribution < 1.29 is 9.53 Å². The molecule has 0 radical (unpaired) electrons. The van der Waals surface area contributed by atoms with Crippen molar-refractivity contribution in [2.24, 2.45) is 46.3 Å². The highest BCUT2D eigenvalue weighted by atomic mass is 16.6. The first-order valence-electron chi connectivity index (χ1n) is 14.7. The number of alkyl carbamates (subject to hydrolysis) is 1. The number of carbonyl (C=O) groups is 1. The fourth-order valence-corrected chi connectivity index (χ4v) is 9.17. The second-order valence-corrected chi connectivity index (χ2v) is 13.9. The number of allylic oxidation sites excluding steroid dienone is 1. The van der Waals surface area contributed by atoms with E-state index in [9.17, 15) is 4.79 Å². The maximum Gasteiger partial charge on any atom is 0.407 e. The summed E-state index contributed by atoms with van der Waals surface area (Å²) < 4.78 is 5.81. The van der Waals surface area contributed by atoms with Crippen molar-refractivity contribution in [3.05, 3.63) is 11.6 Å². The molecule has 0 bridgehead atoms. The predicted molar refractivity (Wildman–Crippen MR) is 142 cm³/mol. The van der Waals surface area contributed by atoms with Crippen LogP contribution in [0.2, 0.25) is 0 Å². The van der Waals surface area contributed by atoms with Crippen LogP contribution in [0.5, 0.6) is 0 Å². The van der Waals surface area contributed by atoms with Crippen molar-refractivity contribution in [3.8, 4) is 0 Å². The number of nitrogens with one attached hydrogen (secondary N) is 1. The second-order valence-electron chi connectivity index (χ2n) is 13.9. The zero-order chi connectivity index (χ0) is 24.7. The Morgan fingerprint density at radius 2 is 1.79 bits per heavy atom. The molecule has 3 saturated carbocycles. The third-order valence-corrected chi connectivity index (χ3v) is 10.9. The molecule has 1 N–H and O–H groups in total. The van der Waals surface area contributed by atoms with Crippen LogP contribution in [0.25, 0.3) is 0 Å². The van der Waals surface area contributed by atoms with E-state index in [1.54, 1.807) is 5.57 Å². The minimum absolute atomic E-state index is 0.0473. The monoisotopic (exact) mass is 471 g/mol. The molecular weight excluding hydrogens is 418 g/mol. The predicted octanol–water partition coefficient (Wildman–Crippen LogP) is 8.53. The zero-order valence-corrected chi connectivity index (χ0v) is 23.3. The lowest BCUT2D eigenvalue weighted by Crippen LogP contribution is -2.51. The average Bonchev–Trinajstić information content (AvgIpc) is 3.10. The van der Waals surface area contributed by atoms with E-state index in [-0.39, 0.29) is 18.2 Å². The summed E-state index contributed by atoms with van der Waals surface area (Å²) in [5.41, 5.74) is 2.47. The Morgan fingerprint density at radius 3 is 2.50 bits per heavy atom. The third kappa shape index (κ3) is 4.96. The van der Waals surface area contributed by atoms with Crippen LogP contribution in [0.4, 0.5) is 4.79 Å². The van der Waals surface area contributed by atoms with Crippen LogP contribution in [-0.4, -0.2) is 18.2 Å². The van der Waals surface area contributed by atoms with Crippen LogP contribution in [0.3, 0.4) is 0 Å². The van der Waals surface area contributed by atoms with E-state index in [0.717, 1.165) is 48.3 Å². The number of hydrogen-bond donors (Lipinski definition) is 1. The van der Waals surface area contributed by atoms with Gasteiger partial charge in [-0.25, -0.2) is 4.79 Å². The van der Waals surface area contributed by atoms with Gasteiger partial charge in [-0.3, -0.25) is 0 Å². The summed E-state index contributed by atoms with van der Waals surface area (Å²) in [6.07, 6.45) is 16.8. The lowest BCUT2D eigenvalue weighted by molar-refractivity contribution is -0.0581. The Kier molecular flexibility index (Phi) is 7.80. The van der Waals surface area contributed by atoms with Crippen molar-refractivity contribution in [1.82, 2.24) is 5.32 Å². The van der Waals surface area contributed by atoms with Crippen LogP contribution in [0.1, 0.15) is 119 Å². The number of amides is 1. The smallest absolute Gasteiger partial charge is 0.407 e. The number of ether oxygens (including phenoxy) is 1. The minimum atomic E-state index is -0.245. The molecule has 0 aromatic heterocycles. The first-order valence-corrected chi connectivity index (χ1v) is 14.7. The number of hydrogen-bond acceptors (Lipinski definition) is 2. The maximum atomic E-state index is 12.2. The van der Waals surface area contributed by atoms with Gasteiger partial charge in [0.25, 0.3) is 0 Å². The highest BCUT2D eigenvalue weighted by molar-refractivity contribution is 5.67. The van der Waals surface area contributed by atoms with Crippen LogP contribution in [0.15, 0.2) is 11.6 Å². The Hall–Kier alpha value is -0.990. The molecule has 3 nitrogen and oxygen atoms in total. The second kappa shape index (κ2) is 10.2. The van der Waals surface area contributed by atoms with E-state index < -0.39 is 0 Å². The van der Waals surface area contributed by atoms with Gasteiger partial charge in [-0.1, -0.05) is 65.5 Å². The zero-order valence-electron chi connectivity index (χ0n) is 23.3. The SMILES string of the molecule is CC(C)CCC[C@H](C)[C@@H]1CC[C@@H]2[C@H]3CC=C4C[C@H](OC(=O)NC(C)C)CC[C@@]4(C)[C@@H]3CC[C@]21C. The fourth-order valence-electron chi connectivity index (χ4n) is 9.17. The highest BCUT2D eigenvalue weighted by Gasteiger charge is 2.59. The third-order valence-electron chi connectivity index (χ3n) is 10.9. The molecule has 4 aliphatic rings. The summed E-state index contributed by atoms with van der Waals surface area (Å²) in [5.74, 6) is 5.23. The lowest BCUT2D eigenvalue weighted by atomic mass is 9.47. The molecule has 3 fully saturated rings. The van der Waals surface area contributed by atoms with Crippen LogP contribution >= 0.6 is 0 Å².